The molecule has 0 saturated heterocycles. The van der Waals surface area contributed by atoms with Crippen molar-refractivity contribution in [1.29, 1.82) is 0 Å². The van der Waals surface area contributed by atoms with Crippen molar-refractivity contribution in [2.24, 2.45) is 9.98 Å². The maximum atomic E-state index is 5.20. The minimum Gasteiger partial charge on any atom is -0.344 e. The third kappa shape index (κ3) is 5.58. The molecule has 5 nitrogen and oxygen atoms in total. The molecule has 232 valence electrons. The van der Waals surface area contributed by atoms with Gasteiger partial charge in [0.15, 0.2) is 5.84 Å². The van der Waals surface area contributed by atoms with Crippen LogP contribution in [0.3, 0.4) is 0 Å². The molecule has 1 aliphatic rings. The van der Waals surface area contributed by atoms with Crippen LogP contribution in [0.4, 0.5) is 0 Å². The standard InChI is InChI=1S/C43H29N5S/c1-4-12-29(13-5-1)36-24-25-37(48-47-36)30-22-20-28(21-23-30)33-26-35(40-34-18-10-11-19-38(34)49-39(40)27-33)43-45-41(31-14-6-2-7-15-31)44-42(46-43)32-16-8-3-9-17-32/h1-27,41H,(H,44,45,46). The predicted molar refractivity (Wildman–Crippen MR) is 203 cm³/mol. The van der Waals surface area contributed by atoms with Gasteiger partial charge in [-0.05, 0) is 47.0 Å². The summed E-state index contributed by atoms with van der Waals surface area (Å²) in [5.74, 6) is 1.52. The Balaban J connectivity index is 1.14. The minimum atomic E-state index is -0.277. The number of thiophene rings is 1. The largest absolute Gasteiger partial charge is 0.344 e. The van der Waals surface area contributed by atoms with E-state index in [-0.39, 0.29) is 6.17 Å². The summed E-state index contributed by atoms with van der Waals surface area (Å²) in [5, 5.41) is 15.2. The van der Waals surface area contributed by atoms with Gasteiger partial charge >= 0.3 is 0 Å². The Morgan fingerprint density at radius 2 is 1.08 bits per heavy atom. The summed E-state index contributed by atoms with van der Waals surface area (Å²) < 4.78 is 2.46. The second kappa shape index (κ2) is 12.4. The van der Waals surface area contributed by atoms with E-state index in [2.05, 4.69) is 113 Å². The normalized spacial score (nSPS) is 14.3. The molecule has 1 aliphatic heterocycles. The van der Waals surface area contributed by atoms with Gasteiger partial charge in [-0.1, -0.05) is 133 Å². The van der Waals surface area contributed by atoms with Crippen LogP contribution in [0.1, 0.15) is 22.9 Å². The Hall–Kier alpha value is -6.24. The highest BCUT2D eigenvalue weighted by atomic mass is 32.1. The molecule has 1 unspecified atom stereocenters. The van der Waals surface area contributed by atoms with Crippen molar-refractivity contribution in [2.75, 3.05) is 0 Å². The lowest BCUT2D eigenvalue weighted by atomic mass is 9.96. The molecule has 0 radical (unpaired) electrons. The van der Waals surface area contributed by atoms with Gasteiger partial charge < -0.3 is 5.32 Å². The first-order valence-electron chi connectivity index (χ1n) is 16.3. The number of nitrogens with one attached hydrogen (secondary N) is 1. The topological polar surface area (TPSA) is 62.5 Å². The molecule has 0 fully saturated rings. The number of rotatable bonds is 6. The predicted octanol–water partition coefficient (Wildman–Crippen LogP) is 10.3. The summed E-state index contributed by atoms with van der Waals surface area (Å²) in [6.07, 6.45) is -0.277. The maximum absolute atomic E-state index is 5.20. The number of aliphatic imine (C=N–C) groups is 2. The van der Waals surface area contributed by atoms with Crippen LogP contribution < -0.4 is 5.32 Å². The van der Waals surface area contributed by atoms with Gasteiger partial charge in [-0.15, -0.1) is 21.5 Å². The molecule has 6 aromatic carbocycles. The van der Waals surface area contributed by atoms with Crippen LogP contribution in [0.15, 0.2) is 174 Å². The van der Waals surface area contributed by atoms with Gasteiger partial charge in [0.25, 0.3) is 0 Å². The fourth-order valence-electron chi connectivity index (χ4n) is 6.40. The zero-order chi connectivity index (χ0) is 32.6. The second-order valence-electron chi connectivity index (χ2n) is 12.0. The van der Waals surface area contributed by atoms with Crippen molar-refractivity contribution in [3.05, 3.63) is 180 Å². The highest BCUT2D eigenvalue weighted by Gasteiger charge is 2.24. The zero-order valence-corrected chi connectivity index (χ0v) is 27.2. The van der Waals surface area contributed by atoms with Crippen LogP contribution in [0.2, 0.25) is 0 Å². The summed E-state index contributed by atoms with van der Waals surface area (Å²) >= 11 is 1.81. The van der Waals surface area contributed by atoms with E-state index in [1.54, 1.807) is 0 Å². The number of fused-ring (bicyclic) bond motifs is 3. The highest BCUT2D eigenvalue weighted by Crippen LogP contribution is 2.40. The lowest BCUT2D eigenvalue weighted by Gasteiger charge is -2.24. The molecule has 0 spiro atoms. The summed E-state index contributed by atoms with van der Waals surface area (Å²) in [5.41, 5.74) is 9.14. The summed E-state index contributed by atoms with van der Waals surface area (Å²) in [6.45, 7) is 0. The molecule has 1 atom stereocenters. The van der Waals surface area contributed by atoms with E-state index in [0.29, 0.717) is 5.84 Å². The van der Waals surface area contributed by atoms with Gasteiger partial charge in [-0.3, -0.25) is 0 Å². The quantitative estimate of drug-likeness (QED) is 0.195. The molecule has 2 aromatic heterocycles. The average molecular weight is 648 g/mol. The molecular formula is C43H29N5S. The van der Waals surface area contributed by atoms with Crippen LogP contribution in [0.25, 0.3) is 53.8 Å². The summed E-state index contributed by atoms with van der Waals surface area (Å²) in [7, 11) is 0. The number of hydrogen-bond acceptors (Lipinski definition) is 6. The fraction of sp³-hybridized carbons (Fsp3) is 0.0233. The van der Waals surface area contributed by atoms with Gasteiger partial charge in [-0.25, -0.2) is 9.98 Å². The molecule has 0 amide bonds. The lowest BCUT2D eigenvalue weighted by Crippen LogP contribution is -2.33. The number of aromatic nitrogens is 2. The number of nitrogens with zero attached hydrogens (tertiary/aromatic N) is 4. The lowest BCUT2D eigenvalue weighted by molar-refractivity contribution is 0.674. The monoisotopic (exact) mass is 647 g/mol. The third-order valence-corrected chi connectivity index (χ3v) is 9.99. The Morgan fingerprint density at radius 1 is 0.490 bits per heavy atom. The van der Waals surface area contributed by atoms with E-state index in [4.69, 9.17) is 9.98 Å². The molecule has 8 aromatic rings. The van der Waals surface area contributed by atoms with E-state index in [9.17, 15) is 0 Å². The Kier molecular flexibility index (Phi) is 7.33. The number of amidine groups is 2. The third-order valence-electron chi connectivity index (χ3n) is 8.87. The van der Waals surface area contributed by atoms with Crippen molar-refractivity contribution >= 4 is 43.2 Å². The Bertz CT molecular complexity index is 2490. The molecular weight excluding hydrogens is 619 g/mol. The smallest absolute Gasteiger partial charge is 0.159 e. The average Bonchev–Trinajstić information content (AvgIpc) is 3.57. The van der Waals surface area contributed by atoms with Crippen molar-refractivity contribution in [3.8, 4) is 33.6 Å². The summed E-state index contributed by atoms with van der Waals surface area (Å²) in [6, 6.07) is 56.6. The first kappa shape index (κ1) is 28.9. The first-order chi connectivity index (χ1) is 24.3. The molecule has 3 heterocycles. The van der Waals surface area contributed by atoms with Crippen LogP contribution in [-0.4, -0.2) is 21.9 Å². The van der Waals surface area contributed by atoms with Gasteiger partial charge in [-0.2, -0.15) is 0 Å². The molecule has 0 bridgehead atoms. The van der Waals surface area contributed by atoms with Gasteiger partial charge in [0.05, 0.1) is 11.4 Å². The van der Waals surface area contributed by atoms with E-state index in [1.165, 1.54) is 20.2 Å². The fourth-order valence-corrected chi connectivity index (χ4v) is 7.57. The van der Waals surface area contributed by atoms with Gasteiger partial charge in [0, 0.05) is 42.4 Å². The molecule has 49 heavy (non-hydrogen) atoms. The molecule has 0 saturated carbocycles. The van der Waals surface area contributed by atoms with Gasteiger partial charge in [0.1, 0.15) is 12.0 Å². The second-order valence-corrected chi connectivity index (χ2v) is 13.1. The van der Waals surface area contributed by atoms with Crippen LogP contribution in [0, 0.1) is 0 Å². The SMILES string of the molecule is c1ccc(C2=NC(c3ccccc3)NC(c3cc(-c4ccc(-c5ccc(-c6ccccc6)nn5)cc4)cc4sc5ccccc5c34)=N2)cc1. The minimum absolute atomic E-state index is 0.277. The van der Waals surface area contributed by atoms with Gasteiger partial charge in [0.2, 0.25) is 0 Å². The molecule has 0 aliphatic carbocycles. The van der Waals surface area contributed by atoms with Crippen molar-refractivity contribution in [1.82, 2.24) is 15.5 Å². The highest BCUT2D eigenvalue weighted by molar-refractivity contribution is 7.26. The zero-order valence-electron chi connectivity index (χ0n) is 26.4. The number of hydrogen-bond donors (Lipinski definition) is 1. The van der Waals surface area contributed by atoms with E-state index >= 15 is 0 Å². The van der Waals surface area contributed by atoms with E-state index in [0.717, 1.165) is 56.2 Å². The maximum Gasteiger partial charge on any atom is 0.159 e. The van der Waals surface area contributed by atoms with Crippen molar-refractivity contribution in [3.63, 3.8) is 0 Å². The van der Waals surface area contributed by atoms with Crippen LogP contribution >= 0.6 is 11.3 Å². The molecule has 1 N–H and O–H groups in total. The Labute approximate surface area is 288 Å². The van der Waals surface area contributed by atoms with Crippen molar-refractivity contribution < 1.29 is 0 Å². The first-order valence-corrected chi connectivity index (χ1v) is 17.1. The molecule has 9 rings (SSSR count). The molecule has 6 heteroatoms. The van der Waals surface area contributed by atoms with Crippen molar-refractivity contribution in [2.45, 2.75) is 6.17 Å². The summed E-state index contributed by atoms with van der Waals surface area (Å²) in [4.78, 5) is 10.3. The van der Waals surface area contributed by atoms with Crippen LogP contribution in [0.5, 0.6) is 0 Å². The van der Waals surface area contributed by atoms with E-state index in [1.807, 2.05) is 78.1 Å². The van der Waals surface area contributed by atoms with Crippen LogP contribution in [-0.2, 0) is 0 Å². The van der Waals surface area contributed by atoms with E-state index < -0.39 is 0 Å². The Morgan fingerprint density at radius 3 is 1.78 bits per heavy atom. The number of benzene rings is 6.